The summed E-state index contributed by atoms with van der Waals surface area (Å²) in [5.41, 5.74) is 5.34. The predicted molar refractivity (Wildman–Crippen MR) is 160 cm³/mol. The Kier molecular flexibility index (Phi) is 10.6. The van der Waals surface area contributed by atoms with Gasteiger partial charge in [-0.3, -0.25) is 9.78 Å². The van der Waals surface area contributed by atoms with Crippen molar-refractivity contribution >= 4 is 48.7 Å². The van der Waals surface area contributed by atoms with Crippen molar-refractivity contribution in [3.05, 3.63) is 96.3 Å². The number of urea groups is 1. The molecule has 0 spiro atoms. The highest BCUT2D eigenvalue weighted by molar-refractivity contribution is 7.91. The van der Waals surface area contributed by atoms with Crippen molar-refractivity contribution in [2.24, 2.45) is 0 Å². The molecule has 232 valence electrons. The lowest BCUT2D eigenvalue weighted by atomic mass is 10.3. The van der Waals surface area contributed by atoms with E-state index < -0.39 is 37.3 Å². The van der Waals surface area contributed by atoms with Gasteiger partial charge in [0.2, 0.25) is 0 Å². The first-order valence-corrected chi connectivity index (χ1v) is 16.1. The molecule has 0 unspecified atom stereocenters. The number of halogens is 2. The standard InChI is InChI=1S/C21H19FN4O5S.C7H8FNO2S/c1-23-20(27)19-11-15(9-10-24-19)31-14-5-3-13(4-6-14)25-21(28)26-18-12-16(32(2,29)30)7-8-17(18)22;1-12(10,11)5-2-3-6(8)7(9)4-5/h3-12H,1-2H3,(H,23,27)(H2,25,26,28);2-4H,9H2,1H3. The van der Waals surface area contributed by atoms with Crippen molar-refractivity contribution in [1.82, 2.24) is 10.3 Å². The van der Waals surface area contributed by atoms with Crippen molar-refractivity contribution in [3.8, 4) is 11.5 Å². The van der Waals surface area contributed by atoms with Crippen LogP contribution in [0.15, 0.2) is 88.8 Å². The molecule has 0 aliphatic carbocycles. The quantitative estimate of drug-likeness (QED) is 0.168. The minimum absolute atomic E-state index is 0.0291. The number of hydrogen-bond acceptors (Lipinski definition) is 9. The second-order valence-electron chi connectivity index (χ2n) is 9.03. The highest BCUT2D eigenvalue weighted by Gasteiger charge is 2.14. The van der Waals surface area contributed by atoms with Crippen LogP contribution in [0.5, 0.6) is 11.5 Å². The summed E-state index contributed by atoms with van der Waals surface area (Å²) in [5, 5.41) is 7.27. The molecule has 12 nitrogen and oxygen atoms in total. The zero-order valence-electron chi connectivity index (χ0n) is 23.5. The maximum atomic E-state index is 13.9. The van der Waals surface area contributed by atoms with Crippen LogP contribution in [0, 0.1) is 11.6 Å². The molecule has 4 aromatic rings. The molecular weight excluding hydrogens is 620 g/mol. The van der Waals surface area contributed by atoms with Crippen LogP contribution in [0.3, 0.4) is 0 Å². The minimum Gasteiger partial charge on any atom is -0.457 e. The summed E-state index contributed by atoms with van der Waals surface area (Å²) >= 11 is 0. The monoisotopic (exact) mass is 647 g/mol. The lowest BCUT2D eigenvalue weighted by Crippen LogP contribution is -2.20. The van der Waals surface area contributed by atoms with Gasteiger partial charge in [0.05, 0.1) is 21.2 Å². The van der Waals surface area contributed by atoms with Crippen molar-refractivity contribution < 1.29 is 39.9 Å². The van der Waals surface area contributed by atoms with E-state index >= 15 is 0 Å². The molecule has 44 heavy (non-hydrogen) atoms. The number of rotatable bonds is 7. The number of nitrogen functional groups attached to an aromatic ring is 1. The van der Waals surface area contributed by atoms with Gasteiger partial charge in [0, 0.05) is 37.5 Å². The molecule has 0 saturated carbocycles. The lowest BCUT2D eigenvalue weighted by Gasteiger charge is -2.11. The number of carbonyl (C=O) groups is 2. The number of nitrogens with two attached hydrogens (primary N) is 1. The van der Waals surface area contributed by atoms with Gasteiger partial charge in [0.15, 0.2) is 19.7 Å². The first-order chi connectivity index (χ1) is 20.6. The molecule has 1 aromatic heterocycles. The maximum Gasteiger partial charge on any atom is 0.323 e. The van der Waals surface area contributed by atoms with E-state index in [1.54, 1.807) is 30.3 Å². The van der Waals surface area contributed by atoms with Crippen molar-refractivity contribution in [3.63, 3.8) is 0 Å². The average molecular weight is 648 g/mol. The topological polar surface area (TPSA) is 187 Å². The molecule has 3 aromatic carbocycles. The molecule has 3 amide bonds. The molecular formula is C28H27F2N5O7S2. The van der Waals surface area contributed by atoms with Gasteiger partial charge in [0.1, 0.15) is 28.8 Å². The van der Waals surface area contributed by atoms with E-state index in [0.29, 0.717) is 17.2 Å². The Bertz CT molecular complexity index is 1900. The molecule has 0 fully saturated rings. The van der Waals surface area contributed by atoms with Crippen LogP contribution in [0.1, 0.15) is 10.5 Å². The number of sulfone groups is 2. The predicted octanol–water partition coefficient (Wildman–Crippen LogP) is 4.23. The third-order valence-corrected chi connectivity index (χ3v) is 7.77. The highest BCUT2D eigenvalue weighted by Crippen LogP contribution is 2.24. The smallest absolute Gasteiger partial charge is 0.323 e. The molecule has 0 aliphatic rings. The van der Waals surface area contributed by atoms with E-state index in [0.717, 1.165) is 42.8 Å². The fourth-order valence-corrected chi connectivity index (χ4v) is 4.64. The molecule has 16 heteroatoms. The van der Waals surface area contributed by atoms with Crippen LogP contribution in [-0.4, -0.2) is 53.3 Å². The summed E-state index contributed by atoms with van der Waals surface area (Å²) in [6, 6.07) is 15.0. The number of carbonyl (C=O) groups excluding carboxylic acids is 2. The normalized spacial score (nSPS) is 11.0. The zero-order chi connectivity index (χ0) is 32.7. The van der Waals surface area contributed by atoms with E-state index in [4.69, 9.17) is 10.5 Å². The molecule has 5 N–H and O–H groups in total. The fraction of sp³-hybridized carbons (Fsp3) is 0.107. The Morgan fingerprint density at radius 3 is 1.93 bits per heavy atom. The number of ether oxygens (including phenoxy) is 1. The number of pyridine rings is 1. The molecule has 0 atom stereocenters. The number of nitrogens with zero attached hydrogens (tertiary/aromatic N) is 1. The molecule has 0 aliphatic heterocycles. The Labute approximate surface area is 252 Å². The van der Waals surface area contributed by atoms with Gasteiger partial charge < -0.3 is 26.4 Å². The zero-order valence-corrected chi connectivity index (χ0v) is 25.1. The van der Waals surface area contributed by atoms with Crippen LogP contribution in [0.25, 0.3) is 0 Å². The molecule has 0 radical (unpaired) electrons. The van der Waals surface area contributed by atoms with Crippen molar-refractivity contribution in [2.75, 3.05) is 35.9 Å². The van der Waals surface area contributed by atoms with Crippen molar-refractivity contribution in [2.45, 2.75) is 9.79 Å². The van der Waals surface area contributed by atoms with Gasteiger partial charge in [0.25, 0.3) is 5.91 Å². The Morgan fingerprint density at radius 2 is 1.36 bits per heavy atom. The van der Waals surface area contributed by atoms with E-state index in [-0.39, 0.29) is 32.8 Å². The number of anilines is 3. The van der Waals surface area contributed by atoms with Crippen LogP contribution < -0.4 is 26.4 Å². The van der Waals surface area contributed by atoms with Crippen LogP contribution in [0.2, 0.25) is 0 Å². The fourth-order valence-electron chi connectivity index (χ4n) is 3.34. The first kappa shape index (κ1) is 33.4. The summed E-state index contributed by atoms with van der Waals surface area (Å²) in [6.07, 6.45) is 3.47. The Hall–Kier alpha value is -5.09. The molecule has 4 rings (SSSR count). The van der Waals surface area contributed by atoms with Gasteiger partial charge in [-0.15, -0.1) is 0 Å². The van der Waals surface area contributed by atoms with Crippen LogP contribution in [0.4, 0.5) is 30.6 Å². The Morgan fingerprint density at radius 1 is 0.773 bits per heavy atom. The van der Waals surface area contributed by atoms with E-state index in [1.807, 2.05) is 0 Å². The van der Waals surface area contributed by atoms with E-state index in [2.05, 4.69) is 20.9 Å². The molecule has 0 bridgehead atoms. The van der Waals surface area contributed by atoms with Gasteiger partial charge >= 0.3 is 6.03 Å². The van der Waals surface area contributed by atoms with Gasteiger partial charge in [-0.2, -0.15) is 0 Å². The average Bonchev–Trinajstić information content (AvgIpc) is 2.95. The number of hydrogen-bond donors (Lipinski definition) is 4. The summed E-state index contributed by atoms with van der Waals surface area (Å²) < 4.78 is 77.2. The SMILES string of the molecule is CNC(=O)c1cc(Oc2ccc(NC(=O)Nc3cc(S(C)(=O)=O)ccc3F)cc2)ccn1.CS(=O)(=O)c1ccc(F)c(N)c1. The third-order valence-electron chi connectivity index (χ3n) is 5.55. The summed E-state index contributed by atoms with van der Waals surface area (Å²) in [7, 11) is -5.35. The molecule has 1 heterocycles. The van der Waals surface area contributed by atoms with Crippen molar-refractivity contribution in [1.29, 1.82) is 0 Å². The number of benzene rings is 3. The minimum atomic E-state index is -3.55. The highest BCUT2D eigenvalue weighted by atomic mass is 32.2. The second kappa shape index (κ2) is 13.9. The first-order valence-electron chi connectivity index (χ1n) is 12.4. The third kappa shape index (κ3) is 9.47. The van der Waals surface area contributed by atoms with Crippen LogP contribution >= 0.6 is 0 Å². The maximum absolute atomic E-state index is 13.9. The summed E-state index contributed by atoms with van der Waals surface area (Å²) in [5.74, 6) is -0.887. The number of aromatic nitrogens is 1. The van der Waals surface area contributed by atoms with E-state index in [9.17, 15) is 35.2 Å². The number of amides is 3. The summed E-state index contributed by atoms with van der Waals surface area (Å²) in [6.45, 7) is 0. The van der Waals surface area contributed by atoms with E-state index in [1.165, 1.54) is 25.4 Å². The second-order valence-corrected chi connectivity index (χ2v) is 13.1. The van der Waals surface area contributed by atoms with Gasteiger partial charge in [-0.1, -0.05) is 0 Å². The number of nitrogens with one attached hydrogen (secondary N) is 3. The Balaban J connectivity index is 0.000000369. The summed E-state index contributed by atoms with van der Waals surface area (Å²) in [4.78, 5) is 27.7. The lowest BCUT2D eigenvalue weighted by molar-refractivity contribution is 0.0957. The van der Waals surface area contributed by atoms with Gasteiger partial charge in [-0.05, 0) is 66.7 Å². The van der Waals surface area contributed by atoms with Crippen LogP contribution in [-0.2, 0) is 19.7 Å². The molecule has 0 saturated heterocycles. The largest absolute Gasteiger partial charge is 0.457 e. The van der Waals surface area contributed by atoms with Gasteiger partial charge in [-0.25, -0.2) is 30.4 Å².